The highest BCUT2D eigenvalue weighted by molar-refractivity contribution is 5.82. The minimum Gasteiger partial charge on any atom is -0.497 e. The van der Waals surface area contributed by atoms with Crippen molar-refractivity contribution >= 4 is 12.0 Å². The Kier molecular flexibility index (Phi) is 8.63. The molecule has 6 nitrogen and oxygen atoms in total. The predicted molar refractivity (Wildman–Crippen MR) is 167 cm³/mol. The fourth-order valence-electron chi connectivity index (χ4n) is 6.00. The lowest BCUT2D eigenvalue weighted by Crippen LogP contribution is -2.51. The van der Waals surface area contributed by atoms with E-state index < -0.39 is 11.5 Å². The predicted octanol–water partition coefficient (Wildman–Crippen LogP) is 7.51. The summed E-state index contributed by atoms with van der Waals surface area (Å²) in [7, 11) is 1.68. The molecule has 0 radical (unpaired) electrons. The van der Waals surface area contributed by atoms with Crippen LogP contribution in [0.4, 0.5) is 4.79 Å². The molecule has 1 saturated carbocycles. The van der Waals surface area contributed by atoms with Crippen molar-refractivity contribution in [2.75, 3.05) is 20.2 Å². The molecule has 0 N–H and O–H groups in total. The number of rotatable bonds is 7. The summed E-state index contributed by atoms with van der Waals surface area (Å²) in [4.78, 5) is 31.7. The minimum absolute atomic E-state index is 0.0615. The molecule has 1 saturated heterocycles. The molecule has 3 aromatic rings. The van der Waals surface area contributed by atoms with E-state index in [9.17, 15) is 9.59 Å². The number of methoxy groups -OCH3 is 1. The van der Waals surface area contributed by atoms with Crippen molar-refractivity contribution in [1.29, 1.82) is 0 Å². The Bertz CT molecular complexity index is 1420. The molecule has 2 amide bonds. The number of amides is 2. The van der Waals surface area contributed by atoms with E-state index in [4.69, 9.17) is 9.47 Å². The summed E-state index contributed by atoms with van der Waals surface area (Å²) in [6.07, 6.45) is 2.34. The molecule has 5 rings (SSSR count). The molecule has 1 heterocycles. The summed E-state index contributed by atoms with van der Waals surface area (Å²) in [5, 5.41) is 0. The molecule has 42 heavy (non-hydrogen) atoms. The Morgan fingerprint density at radius 3 is 2.33 bits per heavy atom. The van der Waals surface area contributed by atoms with Crippen molar-refractivity contribution in [1.82, 2.24) is 9.80 Å². The molecular formula is C36H44N2O4. The lowest BCUT2D eigenvalue weighted by atomic mass is 9.78. The van der Waals surface area contributed by atoms with Gasteiger partial charge in [-0.2, -0.15) is 0 Å². The average molecular weight is 569 g/mol. The Balaban J connectivity index is 1.51. The third-order valence-corrected chi connectivity index (χ3v) is 8.61. The quantitative estimate of drug-likeness (QED) is 0.296. The van der Waals surface area contributed by atoms with Gasteiger partial charge >= 0.3 is 6.09 Å². The van der Waals surface area contributed by atoms with Gasteiger partial charge in [-0.3, -0.25) is 4.79 Å². The van der Waals surface area contributed by atoms with E-state index in [1.807, 2.05) is 45.0 Å². The molecule has 0 spiro atoms. The molecule has 2 aliphatic rings. The fourth-order valence-corrected chi connectivity index (χ4v) is 6.00. The van der Waals surface area contributed by atoms with E-state index in [1.54, 1.807) is 12.0 Å². The van der Waals surface area contributed by atoms with Crippen molar-refractivity contribution < 1.29 is 19.1 Å². The van der Waals surface area contributed by atoms with Gasteiger partial charge in [0, 0.05) is 25.7 Å². The summed E-state index contributed by atoms with van der Waals surface area (Å²) in [6, 6.07) is 23.1. The lowest BCUT2D eigenvalue weighted by molar-refractivity contribution is -0.139. The van der Waals surface area contributed by atoms with Gasteiger partial charge in [-0.25, -0.2) is 4.79 Å². The molecule has 2 atom stereocenters. The molecule has 0 unspecified atom stereocenters. The normalized spacial score (nSPS) is 18.9. The first-order valence-corrected chi connectivity index (χ1v) is 15.1. The van der Waals surface area contributed by atoms with Crippen molar-refractivity contribution in [3.8, 4) is 16.9 Å². The topological polar surface area (TPSA) is 59.1 Å². The molecule has 1 aliphatic heterocycles. The maximum absolute atomic E-state index is 14.6. The van der Waals surface area contributed by atoms with Gasteiger partial charge in [-0.15, -0.1) is 0 Å². The minimum atomic E-state index is -0.604. The standard InChI is InChI=1S/C36H44N2O4/c1-24-11-10-14-27(25(24)2)22-38(30-15-16-30)34(39)33-23-37(35(40)42-36(3,4)5)18-17-32(33)29-19-28(20-31(21-29)41-6)26-12-8-7-9-13-26/h7-14,19-21,30,32-33H,15-18,22-23H2,1-6H3/t32-,33+/m1/s1. The van der Waals surface area contributed by atoms with Gasteiger partial charge in [0.15, 0.2) is 0 Å². The van der Waals surface area contributed by atoms with E-state index in [0.29, 0.717) is 26.1 Å². The van der Waals surface area contributed by atoms with Gasteiger partial charge in [0.2, 0.25) is 5.91 Å². The summed E-state index contributed by atoms with van der Waals surface area (Å²) in [6.45, 7) is 11.3. The van der Waals surface area contributed by atoms with Crippen LogP contribution in [0, 0.1) is 19.8 Å². The second kappa shape index (κ2) is 12.2. The summed E-state index contributed by atoms with van der Waals surface area (Å²) in [5.41, 5.74) is 6.26. The Morgan fingerprint density at radius 1 is 0.929 bits per heavy atom. The van der Waals surface area contributed by atoms with Crippen LogP contribution in [-0.4, -0.2) is 53.6 Å². The number of nitrogens with zero attached hydrogens (tertiary/aromatic N) is 2. The lowest BCUT2D eigenvalue weighted by Gasteiger charge is -2.41. The molecule has 0 aromatic heterocycles. The maximum Gasteiger partial charge on any atom is 0.410 e. The number of benzene rings is 3. The van der Waals surface area contributed by atoms with Crippen LogP contribution in [0.2, 0.25) is 0 Å². The second-order valence-corrected chi connectivity index (χ2v) is 12.8. The first-order valence-electron chi connectivity index (χ1n) is 15.1. The van der Waals surface area contributed by atoms with Gasteiger partial charge in [-0.1, -0.05) is 54.6 Å². The molecular weight excluding hydrogens is 524 g/mol. The third-order valence-electron chi connectivity index (χ3n) is 8.61. The number of carbonyl (C=O) groups is 2. The number of piperidine rings is 1. The zero-order valence-corrected chi connectivity index (χ0v) is 25.9. The average Bonchev–Trinajstić information content (AvgIpc) is 3.82. The molecule has 1 aliphatic carbocycles. The molecule has 222 valence electrons. The van der Waals surface area contributed by atoms with Crippen LogP contribution >= 0.6 is 0 Å². The SMILES string of the molecule is COc1cc(-c2ccccc2)cc([C@H]2CCN(C(=O)OC(C)(C)C)C[C@@H]2C(=O)N(Cc2cccc(C)c2C)C2CC2)c1. The summed E-state index contributed by atoms with van der Waals surface area (Å²) in [5.74, 6) is 0.420. The fraction of sp³-hybridized carbons (Fsp3) is 0.444. The maximum atomic E-state index is 14.6. The smallest absolute Gasteiger partial charge is 0.410 e. The van der Waals surface area contributed by atoms with Gasteiger partial charge in [-0.05, 0) is 105 Å². The van der Waals surface area contributed by atoms with Gasteiger partial charge in [0.1, 0.15) is 11.4 Å². The zero-order valence-electron chi connectivity index (χ0n) is 25.9. The first-order chi connectivity index (χ1) is 20.0. The number of carbonyl (C=O) groups excluding carboxylic acids is 2. The summed E-state index contributed by atoms with van der Waals surface area (Å²) < 4.78 is 11.5. The van der Waals surface area contributed by atoms with Gasteiger partial charge < -0.3 is 19.3 Å². The van der Waals surface area contributed by atoms with E-state index >= 15 is 0 Å². The van der Waals surface area contributed by atoms with Crippen LogP contribution in [0.15, 0.2) is 66.7 Å². The van der Waals surface area contributed by atoms with Crippen LogP contribution in [0.1, 0.15) is 68.2 Å². The zero-order chi connectivity index (χ0) is 30.0. The number of aryl methyl sites for hydroxylation is 1. The number of ether oxygens (including phenoxy) is 2. The van der Waals surface area contributed by atoms with E-state index in [0.717, 1.165) is 35.3 Å². The van der Waals surface area contributed by atoms with Crippen molar-refractivity contribution in [3.05, 3.63) is 89.0 Å². The van der Waals surface area contributed by atoms with Crippen LogP contribution in [0.3, 0.4) is 0 Å². The third kappa shape index (κ3) is 6.80. The van der Waals surface area contributed by atoms with Crippen LogP contribution < -0.4 is 4.74 Å². The van der Waals surface area contributed by atoms with E-state index in [1.165, 1.54) is 16.7 Å². The van der Waals surface area contributed by atoms with E-state index in [-0.39, 0.29) is 24.0 Å². The number of hydrogen-bond acceptors (Lipinski definition) is 4. The molecule has 2 fully saturated rings. The largest absolute Gasteiger partial charge is 0.497 e. The van der Waals surface area contributed by atoms with Crippen LogP contribution in [0.5, 0.6) is 5.75 Å². The van der Waals surface area contributed by atoms with Crippen molar-refractivity contribution in [2.24, 2.45) is 5.92 Å². The first kappa shape index (κ1) is 29.7. The number of likely N-dealkylation sites (tertiary alicyclic amines) is 1. The highest BCUT2D eigenvalue weighted by Crippen LogP contribution is 2.41. The Labute approximate surface area is 250 Å². The molecule has 0 bridgehead atoms. The Hall–Kier alpha value is -3.80. The Morgan fingerprint density at radius 2 is 1.67 bits per heavy atom. The van der Waals surface area contributed by atoms with E-state index in [2.05, 4.69) is 61.2 Å². The monoisotopic (exact) mass is 568 g/mol. The van der Waals surface area contributed by atoms with Gasteiger partial charge in [0.05, 0.1) is 13.0 Å². The highest BCUT2D eigenvalue weighted by Gasteiger charge is 2.43. The molecule has 6 heteroatoms. The van der Waals surface area contributed by atoms with Crippen LogP contribution in [-0.2, 0) is 16.1 Å². The second-order valence-electron chi connectivity index (χ2n) is 12.8. The highest BCUT2D eigenvalue weighted by atomic mass is 16.6. The summed E-state index contributed by atoms with van der Waals surface area (Å²) >= 11 is 0. The van der Waals surface area contributed by atoms with Crippen molar-refractivity contribution in [3.63, 3.8) is 0 Å². The van der Waals surface area contributed by atoms with Crippen molar-refractivity contribution in [2.45, 2.75) is 78.0 Å². The van der Waals surface area contributed by atoms with Crippen LogP contribution in [0.25, 0.3) is 11.1 Å². The molecule has 3 aromatic carbocycles. The van der Waals surface area contributed by atoms with Gasteiger partial charge in [0.25, 0.3) is 0 Å². The number of hydrogen-bond donors (Lipinski definition) is 0.